The monoisotopic (exact) mass is 156 g/mol. The predicted molar refractivity (Wildman–Crippen MR) is 49.5 cm³/mol. The molecule has 58 valence electrons. The molecule has 0 aromatic heterocycles. The lowest BCUT2D eigenvalue weighted by molar-refractivity contribution is 0.316. The fourth-order valence-corrected chi connectivity index (χ4v) is 2.00. The van der Waals surface area contributed by atoms with Crippen molar-refractivity contribution in [3.05, 3.63) is 0 Å². The highest BCUT2D eigenvalue weighted by Crippen LogP contribution is 2.40. The first-order valence-electron chi connectivity index (χ1n) is 4.20. The molecule has 0 aliphatic heterocycles. The summed E-state index contributed by atoms with van der Waals surface area (Å²) in [5.74, 6) is 0. The Kier molecular flexibility index (Phi) is 2.84. The Balaban J connectivity index is 2.28. The molecule has 0 radical (unpaired) electrons. The number of hydrogen-bond donors (Lipinski definition) is 0. The van der Waals surface area contributed by atoms with Crippen molar-refractivity contribution >= 4 is 17.6 Å². The van der Waals surface area contributed by atoms with Crippen LogP contribution in [0.5, 0.6) is 0 Å². The second kappa shape index (κ2) is 3.47. The minimum Gasteiger partial charge on any atom is -0.0935 e. The van der Waals surface area contributed by atoms with Crippen LogP contribution in [0.4, 0.5) is 0 Å². The lowest BCUT2D eigenvalue weighted by Gasteiger charge is -2.21. The number of rotatable bonds is 3. The SMILES string of the molecule is CC1(CCC=S)CCCC1. The van der Waals surface area contributed by atoms with Crippen molar-refractivity contribution < 1.29 is 0 Å². The molecule has 1 fully saturated rings. The van der Waals surface area contributed by atoms with Crippen LogP contribution in [-0.2, 0) is 0 Å². The van der Waals surface area contributed by atoms with Crippen molar-refractivity contribution in [2.75, 3.05) is 0 Å². The lowest BCUT2D eigenvalue weighted by Crippen LogP contribution is -2.10. The molecule has 1 heteroatoms. The molecule has 0 N–H and O–H groups in total. The Labute approximate surface area is 69.0 Å². The van der Waals surface area contributed by atoms with Gasteiger partial charge in [-0.05, 0) is 36.5 Å². The van der Waals surface area contributed by atoms with Crippen LogP contribution in [0.25, 0.3) is 0 Å². The van der Waals surface area contributed by atoms with E-state index in [9.17, 15) is 0 Å². The Morgan fingerprint density at radius 2 is 2.00 bits per heavy atom. The van der Waals surface area contributed by atoms with Crippen molar-refractivity contribution in [1.29, 1.82) is 0 Å². The van der Waals surface area contributed by atoms with E-state index in [0.29, 0.717) is 5.41 Å². The molecule has 0 saturated heterocycles. The minimum atomic E-state index is 0.648. The normalized spacial score (nSPS) is 22.9. The van der Waals surface area contributed by atoms with Crippen molar-refractivity contribution in [3.63, 3.8) is 0 Å². The third-order valence-corrected chi connectivity index (χ3v) is 2.91. The highest BCUT2D eigenvalue weighted by molar-refractivity contribution is 7.78. The van der Waals surface area contributed by atoms with E-state index in [2.05, 4.69) is 6.92 Å². The molecule has 0 nitrogen and oxygen atoms in total. The molecule has 0 unspecified atom stereocenters. The zero-order valence-corrected chi connectivity index (χ0v) is 7.54. The molecule has 0 heterocycles. The van der Waals surface area contributed by atoms with Gasteiger partial charge in [0.2, 0.25) is 0 Å². The van der Waals surface area contributed by atoms with Gasteiger partial charge in [-0.3, -0.25) is 0 Å². The standard InChI is InChI=1S/C9H16S/c1-9(7-4-8-10)5-2-3-6-9/h8H,2-7H2,1H3. The first-order chi connectivity index (χ1) is 4.77. The summed E-state index contributed by atoms with van der Waals surface area (Å²) in [4.78, 5) is 0. The van der Waals surface area contributed by atoms with Gasteiger partial charge in [-0.2, -0.15) is 0 Å². The maximum absolute atomic E-state index is 4.81. The van der Waals surface area contributed by atoms with Crippen molar-refractivity contribution in [1.82, 2.24) is 0 Å². The Morgan fingerprint density at radius 3 is 2.50 bits per heavy atom. The molecule has 0 spiro atoms. The molecule has 0 amide bonds. The second-order valence-electron chi connectivity index (χ2n) is 3.72. The van der Waals surface area contributed by atoms with E-state index in [-0.39, 0.29) is 0 Å². The molecule has 0 aromatic carbocycles. The maximum atomic E-state index is 4.81. The van der Waals surface area contributed by atoms with E-state index in [1.807, 2.05) is 5.37 Å². The van der Waals surface area contributed by atoms with Gasteiger partial charge in [0.15, 0.2) is 0 Å². The summed E-state index contributed by atoms with van der Waals surface area (Å²) in [5, 5.41) is 1.88. The first kappa shape index (κ1) is 8.19. The number of thiocarbonyl (C=S) groups is 1. The van der Waals surface area contributed by atoms with Gasteiger partial charge in [0.1, 0.15) is 0 Å². The third kappa shape index (κ3) is 2.05. The fraction of sp³-hybridized carbons (Fsp3) is 0.889. The summed E-state index contributed by atoms with van der Waals surface area (Å²) in [5.41, 5.74) is 0.648. The van der Waals surface area contributed by atoms with Gasteiger partial charge in [0.05, 0.1) is 0 Å². The average molecular weight is 156 g/mol. The van der Waals surface area contributed by atoms with Gasteiger partial charge < -0.3 is 0 Å². The molecule has 1 rings (SSSR count). The maximum Gasteiger partial charge on any atom is -0.0210 e. The van der Waals surface area contributed by atoms with Crippen LogP contribution in [-0.4, -0.2) is 5.37 Å². The van der Waals surface area contributed by atoms with E-state index in [1.54, 1.807) is 0 Å². The molecule has 0 bridgehead atoms. The Bertz CT molecular complexity index is 112. The molecule has 0 aromatic rings. The first-order valence-corrected chi connectivity index (χ1v) is 4.68. The molecule has 1 aliphatic rings. The van der Waals surface area contributed by atoms with Crippen LogP contribution in [0.2, 0.25) is 0 Å². The van der Waals surface area contributed by atoms with Crippen LogP contribution < -0.4 is 0 Å². The van der Waals surface area contributed by atoms with Gasteiger partial charge in [-0.25, -0.2) is 0 Å². The van der Waals surface area contributed by atoms with Crippen LogP contribution in [0.15, 0.2) is 0 Å². The third-order valence-electron chi connectivity index (χ3n) is 2.68. The Morgan fingerprint density at radius 1 is 1.40 bits per heavy atom. The van der Waals surface area contributed by atoms with E-state index < -0.39 is 0 Å². The second-order valence-corrected chi connectivity index (χ2v) is 4.06. The van der Waals surface area contributed by atoms with Crippen LogP contribution in [0.3, 0.4) is 0 Å². The molecular formula is C9H16S. The zero-order chi connectivity index (χ0) is 7.45. The summed E-state index contributed by atoms with van der Waals surface area (Å²) in [6.45, 7) is 2.40. The van der Waals surface area contributed by atoms with Crippen molar-refractivity contribution in [3.8, 4) is 0 Å². The smallest absolute Gasteiger partial charge is 0.0210 e. The van der Waals surface area contributed by atoms with Gasteiger partial charge in [-0.1, -0.05) is 32.0 Å². The van der Waals surface area contributed by atoms with E-state index in [1.165, 1.54) is 32.1 Å². The summed E-state index contributed by atoms with van der Waals surface area (Å²) in [6.07, 6.45) is 8.18. The van der Waals surface area contributed by atoms with Gasteiger partial charge >= 0.3 is 0 Å². The summed E-state index contributed by atoms with van der Waals surface area (Å²) in [7, 11) is 0. The Hall–Kier alpha value is 0.0900. The molecular weight excluding hydrogens is 140 g/mol. The fourth-order valence-electron chi connectivity index (χ4n) is 1.89. The van der Waals surface area contributed by atoms with Crippen LogP contribution in [0, 0.1) is 5.41 Å². The molecule has 10 heavy (non-hydrogen) atoms. The topological polar surface area (TPSA) is 0 Å². The highest BCUT2D eigenvalue weighted by atomic mass is 32.1. The largest absolute Gasteiger partial charge is 0.0935 e. The average Bonchev–Trinajstić information content (AvgIpc) is 2.33. The lowest BCUT2D eigenvalue weighted by atomic mass is 9.84. The van der Waals surface area contributed by atoms with Crippen molar-refractivity contribution in [2.24, 2.45) is 5.41 Å². The van der Waals surface area contributed by atoms with Gasteiger partial charge in [0.25, 0.3) is 0 Å². The van der Waals surface area contributed by atoms with Crippen LogP contribution in [0.1, 0.15) is 45.4 Å². The molecule has 1 saturated carbocycles. The summed E-state index contributed by atoms with van der Waals surface area (Å²) in [6, 6.07) is 0. The summed E-state index contributed by atoms with van der Waals surface area (Å²) < 4.78 is 0. The molecule has 1 aliphatic carbocycles. The van der Waals surface area contributed by atoms with E-state index >= 15 is 0 Å². The predicted octanol–water partition coefficient (Wildman–Crippen LogP) is 3.35. The summed E-state index contributed by atoms with van der Waals surface area (Å²) >= 11 is 4.81. The van der Waals surface area contributed by atoms with Crippen molar-refractivity contribution in [2.45, 2.75) is 45.4 Å². The number of hydrogen-bond acceptors (Lipinski definition) is 1. The quantitative estimate of drug-likeness (QED) is 0.565. The minimum absolute atomic E-state index is 0.648. The van der Waals surface area contributed by atoms with Gasteiger partial charge in [-0.15, -0.1) is 0 Å². The van der Waals surface area contributed by atoms with Crippen LogP contribution >= 0.6 is 12.2 Å². The van der Waals surface area contributed by atoms with E-state index in [4.69, 9.17) is 12.2 Å². The molecule has 0 atom stereocenters. The van der Waals surface area contributed by atoms with E-state index in [0.717, 1.165) is 6.42 Å². The zero-order valence-electron chi connectivity index (χ0n) is 6.73. The highest BCUT2D eigenvalue weighted by Gasteiger charge is 2.27. The van der Waals surface area contributed by atoms with Gasteiger partial charge in [0, 0.05) is 0 Å².